The lowest BCUT2D eigenvalue weighted by atomic mass is 9.99. The molecule has 4 rings (SSSR count). The minimum Gasteiger partial charge on any atom is -0.473 e. The third-order valence-electron chi connectivity index (χ3n) is 4.07. The number of likely N-dealkylation sites (tertiary alicyclic amines) is 1. The van der Waals surface area contributed by atoms with Crippen LogP contribution in [0.25, 0.3) is 10.7 Å². The van der Waals surface area contributed by atoms with Gasteiger partial charge in [0.15, 0.2) is 0 Å². The van der Waals surface area contributed by atoms with Crippen LogP contribution in [0.5, 0.6) is 0 Å². The van der Waals surface area contributed by atoms with Crippen LogP contribution in [0.2, 0.25) is 0 Å². The molecule has 3 aromatic rings. The number of thiophene rings is 1. The van der Waals surface area contributed by atoms with E-state index >= 15 is 0 Å². The van der Waals surface area contributed by atoms with Gasteiger partial charge >= 0.3 is 11.9 Å². The monoisotopic (exact) mass is 483 g/mol. The highest BCUT2D eigenvalue weighted by Crippen LogP contribution is 2.30. The fourth-order valence-electron chi connectivity index (χ4n) is 2.67. The van der Waals surface area contributed by atoms with Crippen molar-refractivity contribution in [1.82, 2.24) is 15.0 Å². The van der Waals surface area contributed by atoms with Gasteiger partial charge in [0, 0.05) is 29.7 Å². The molecule has 0 saturated carbocycles. The largest absolute Gasteiger partial charge is 0.473 e. The van der Waals surface area contributed by atoms with Crippen molar-refractivity contribution in [2.24, 2.45) is 0 Å². The van der Waals surface area contributed by atoms with Gasteiger partial charge in [-0.3, -0.25) is 4.90 Å². The summed E-state index contributed by atoms with van der Waals surface area (Å²) in [5, 5.41) is 20.8. The third kappa shape index (κ3) is 5.46. The first kappa shape index (κ1) is 21.1. The minimum atomic E-state index is -1.82. The summed E-state index contributed by atoms with van der Waals surface area (Å²) in [6, 6.07) is 8.96. The van der Waals surface area contributed by atoms with Gasteiger partial charge in [0.25, 0.3) is 0 Å². The van der Waals surface area contributed by atoms with Crippen LogP contribution in [-0.4, -0.2) is 50.3 Å². The van der Waals surface area contributed by atoms with Gasteiger partial charge in [-0.05, 0) is 29.6 Å². The van der Waals surface area contributed by atoms with Crippen LogP contribution in [-0.2, 0) is 16.1 Å². The molecule has 1 fully saturated rings. The average molecular weight is 484 g/mol. The molecule has 2 aromatic heterocycles. The van der Waals surface area contributed by atoms with Crippen LogP contribution in [0.4, 0.5) is 4.39 Å². The number of nitrogens with zero attached hydrogens (tertiary/aromatic N) is 3. The van der Waals surface area contributed by atoms with Gasteiger partial charge in [0.05, 0.1) is 10.8 Å². The number of aliphatic carboxylic acids is 2. The fraction of sp³-hybridized carbons (Fsp3) is 0.222. The Morgan fingerprint density at radius 1 is 1.28 bits per heavy atom. The van der Waals surface area contributed by atoms with E-state index in [-0.39, 0.29) is 11.7 Å². The summed E-state index contributed by atoms with van der Waals surface area (Å²) in [4.78, 5) is 25.8. The van der Waals surface area contributed by atoms with E-state index in [4.69, 9.17) is 24.3 Å². The molecule has 0 unspecified atom stereocenters. The Morgan fingerprint density at radius 2 is 2.00 bits per heavy atom. The van der Waals surface area contributed by atoms with Gasteiger partial charge in [-0.25, -0.2) is 14.0 Å². The molecular formula is C18H15BrFN3O5S. The zero-order valence-corrected chi connectivity index (χ0v) is 17.2. The number of benzene rings is 1. The topological polar surface area (TPSA) is 117 Å². The first-order chi connectivity index (χ1) is 13.8. The van der Waals surface area contributed by atoms with Gasteiger partial charge in [-0.15, -0.1) is 11.3 Å². The number of halogens is 2. The van der Waals surface area contributed by atoms with E-state index < -0.39 is 11.9 Å². The van der Waals surface area contributed by atoms with Crippen LogP contribution in [0.15, 0.2) is 44.7 Å². The fourth-order valence-corrected chi connectivity index (χ4v) is 3.73. The Hall–Kier alpha value is -2.63. The van der Waals surface area contributed by atoms with Crippen molar-refractivity contribution in [3.05, 3.63) is 57.5 Å². The van der Waals surface area contributed by atoms with E-state index in [1.807, 2.05) is 23.6 Å². The second-order valence-electron chi connectivity index (χ2n) is 6.17. The Labute approximate surface area is 176 Å². The molecule has 0 bridgehead atoms. The van der Waals surface area contributed by atoms with Crippen LogP contribution in [0.1, 0.15) is 17.4 Å². The van der Waals surface area contributed by atoms with Crippen LogP contribution >= 0.6 is 27.3 Å². The van der Waals surface area contributed by atoms with Crippen molar-refractivity contribution in [3.63, 3.8) is 0 Å². The van der Waals surface area contributed by atoms with Crippen LogP contribution in [0.3, 0.4) is 0 Å². The molecule has 0 aliphatic carbocycles. The molecule has 8 nitrogen and oxygen atoms in total. The van der Waals surface area contributed by atoms with Gasteiger partial charge in [0.1, 0.15) is 5.82 Å². The second-order valence-corrected chi connectivity index (χ2v) is 8.03. The highest BCUT2D eigenvalue weighted by atomic mass is 79.9. The van der Waals surface area contributed by atoms with Gasteiger partial charge in [0.2, 0.25) is 11.7 Å². The predicted molar refractivity (Wildman–Crippen MR) is 105 cm³/mol. The van der Waals surface area contributed by atoms with Crippen molar-refractivity contribution in [1.29, 1.82) is 0 Å². The number of hydrogen-bond donors (Lipinski definition) is 2. The highest BCUT2D eigenvalue weighted by Gasteiger charge is 2.33. The maximum atomic E-state index is 13.8. The standard InChI is InChI=1S/C16H13BrFN3OS.C2H2O4/c17-12-3-4-13(18)10(6-12)7-21-8-11(9-21)16-19-15(20-22-16)14-2-1-5-23-14;3-1(4)2(5)6/h1-6,11H,7-9H2;(H,3,4)(H,5,6). The van der Waals surface area contributed by atoms with E-state index in [1.54, 1.807) is 17.4 Å². The maximum absolute atomic E-state index is 13.8. The lowest BCUT2D eigenvalue weighted by Crippen LogP contribution is -2.44. The summed E-state index contributed by atoms with van der Waals surface area (Å²) >= 11 is 4.97. The van der Waals surface area contributed by atoms with E-state index in [2.05, 4.69) is 31.0 Å². The summed E-state index contributed by atoms with van der Waals surface area (Å²) in [6.07, 6.45) is 0. The van der Waals surface area contributed by atoms with E-state index in [9.17, 15) is 4.39 Å². The molecule has 3 heterocycles. The molecule has 1 aromatic carbocycles. The van der Waals surface area contributed by atoms with Crippen molar-refractivity contribution in [3.8, 4) is 10.7 Å². The maximum Gasteiger partial charge on any atom is 0.414 e. The first-order valence-electron chi connectivity index (χ1n) is 8.33. The van der Waals surface area contributed by atoms with Gasteiger partial charge in [-0.2, -0.15) is 4.98 Å². The third-order valence-corrected chi connectivity index (χ3v) is 5.43. The summed E-state index contributed by atoms with van der Waals surface area (Å²) in [6.45, 7) is 2.20. The second kappa shape index (κ2) is 9.25. The molecule has 1 aliphatic rings. The van der Waals surface area contributed by atoms with Crippen molar-refractivity contribution >= 4 is 39.2 Å². The minimum absolute atomic E-state index is 0.172. The van der Waals surface area contributed by atoms with E-state index in [0.29, 0.717) is 23.8 Å². The number of carboxylic acid groups (broad SMARTS) is 2. The number of rotatable bonds is 4. The predicted octanol–water partition coefficient (Wildman–Crippen LogP) is 3.45. The quantitative estimate of drug-likeness (QED) is 0.541. The molecule has 0 radical (unpaired) electrons. The van der Waals surface area contributed by atoms with E-state index in [0.717, 1.165) is 22.4 Å². The van der Waals surface area contributed by atoms with Crippen molar-refractivity contribution in [2.45, 2.75) is 12.5 Å². The van der Waals surface area contributed by atoms with E-state index in [1.165, 1.54) is 6.07 Å². The van der Waals surface area contributed by atoms with Gasteiger partial charge < -0.3 is 14.7 Å². The zero-order valence-electron chi connectivity index (χ0n) is 14.8. The molecule has 0 amide bonds. The van der Waals surface area contributed by atoms with Gasteiger partial charge in [-0.1, -0.05) is 27.2 Å². The number of carboxylic acids is 2. The molecule has 1 aliphatic heterocycles. The molecule has 2 N–H and O–H groups in total. The lowest BCUT2D eigenvalue weighted by Gasteiger charge is -2.37. The Balaban J connectivity index is 0.000000353. The number of carbonyl (C=O) groups is 2. The molecule has 29 heavy (non-hydrogen) atoms. The molecular weight excluding hydrogens is 469 g/mol. The Kier molecular flexibility index (Phi) is 6.72. The molecule has 0 atom stereocenters. The Morgan fingerprint density at radius 3 is 2.62 bits per heavy atom. The molecule has 11 heteroatoms. The normalized spacial score (nSPS) is 14.0. The zero-order chi connectivity index (χ0) is 21.0. The van der Waals surface area contributed by atoms with Crippen LogP contribution in [0, 0.1) is 5.82 Å². The summed E-state index contributed by atoms with van der Waals surface area (Å²) in [5.74, 6) is -2.28. The number of hydrogen-bond acceptors (Lipinski definition) is 7. The molecule has 1 saturated heterocycles. The van der Waals surface area contributed by atoms with Crippen molar-refractivity contribution < 1.29 is 28.7 Å². The lowest BCUT2D eigenvalue weighted by molar-refractivity contribution is -0.159. The van der Waals surface area contributed by atoms with Crippen LogP contribution < -0.4 is 0 Å². The Bertz CT molecular complexity index is 993. The summed E-state index contributed by atoms with van der Waals surface area (Å²) < 4.78 is 20.0. The molecule has 0 spiro atoms. The highest BCUT2D eigenvalue weighted by molar-refractivity contribution is 9.10. The summed E-state index contributed by atoms with van der Waals surface area (Å²) in [5.41, 5.74) is 0.697. The summed E-state index contributed by atoms with van der Waals surface area (Å²) in [7, 11) is 0. The van der Waals surface area contributed by atoms with Crippen molar-refractivity contribution in [2.75, 3.05) is 13.1 Å². The molecule has 152 valence electrons. The average Bonchev–Trinajstić information content (AvgIpc) is 3.32. The smallest absolute Gasteiger partial charge is 0.414 e. The first-order valence-corrected chi connectivity index (χ1v) is 10.0. The number of aromatic nitrogens is 2. The SMILES string of the molecule is Fc1ccc(Br)cc1CN1CC(c2nc(-c3cccs3)no2)C1.O=C(O)C(=O)O.